The van der Waals surface area contributed by atoms with Crippen LogP contribution in [0.1, 0.15) is 12.8 Å². The van der Waals surface area contributed by atoms with Crippen LogP contribution in [0.25, 0.3) is 11.7 Å². The Labute approximate surface area is 150 Å². The Kier molecular flexibility index (Phi) is 4.52. The summed E-state index contributed by atoms with van der Waals surface area (Å²) in [5.41, 5.74) is 0. The van der Waals surface area contributed by atoms with E-state index in [-0.39, 0.29) is 27.8 Å². The normalized spacial score (nSPS) is 17.5. The average molecular weight is 374 g/mol. The summed E-state index contributed by atoms with van der Waals surface area (Å²) in [7, 11) is -3.84. The highest BCUT2D eigenvalue weighted by Gasteiger charge is 2.29. The molecule has 0 radical (unpaired) electrons. The van der Waals surface area contributed by atoms with Crippen LogP contribution in [-0.2, 0) is 14.6 Å². The summed E-state index contributed by atoms with van der Waals surface area (Å²) in [5, 5.41) is 2.88. The fourth-order valence-electron chi connectivity index (χ4n) is 2.83. The lowest BCUT2D eigenvalue weighted by Crippen LogP contribution is -2.19. The molecule has 1 aliphatic heterocycles. The minimum Gasteiger partial charge on any atom is -0.459 e. The van der Waals surface area contributed by atoms with Crippen LogP contribution in [0.2, 0.25) is 0 Å². The van der Waals surface area contributed by atoms with Gasteiger partial charge in [-0.25, -0.2) is 8.42 Å². The smallest absolute Gasteiger partial charge is 0.266 e. The van der Waals surface area contributed by atoms with Gasteiger partial charge in [-0.3, -0.25) is 0 Å². The van der Waals surface area contributed by atoms with Gasteiger partial charge in [0.2, 0.25) is 20.7 Å². The van der Waals surface area contributed by atoms with E-state index in [1.807, 2.05) is 0 Å². The number of hydrogen-bond donors (Lipinski definition) is 1. The van der Waals surface area contributed by atoms with E-state index < -0.39 is 9.84 Å². The Morgan fingerprint density at radius 3 is 2.69 bits per heavy atom. The predicted octanol–water partition coefficient (Wildman–Crippen LogP) is 3.36. The second-order valence-electron chi connectivity index (χ2n) is 5.96. The third kappa shape index (κ3) is 3.25. The maximum atomic E-state index is 13.0. The zero-order chi connectivity index (χ0) is 18.0. The van der Waals surface area contributed by atoms with E-state index in [1.54, 1.807) is 30.3 Å². The number of rotatable bonds is 6. The van der Waals surface area contributed by atoms with Gasteiger partial charge in [-0.05, 0) is 37.1 Å². The molecule has 1 aromatic carbocycles. The lowest BCUT2D eigenvalue weighted by molar-refractivity contribution is 0.120. The fraction of sp³-hybridized carbons (Fsp3) is 0.278. The number of sulfone groups is 1. The van der Waals surface area contributed by atoms with Crippen LogP contribution < -0.4 is 5.32 Å². The lowest BCUT2D eigenvalue weighted by Gasteiger charge is -2.10. The summed E-state index contributed by atoms with van der Waals surface area (Å²) in [6.45, 7) is 1.17. The van der Waals surface area contributed by atoms with Crippen molar-refractivity contribution >= 4 is 15.7 Å². The van der Waals surface area contributed by atoms with Crippen LogP contribution in [0, 0.1) is 0 Å². The van der Waals surface area contributed by atoms with Gasteiger partial charge in [0.1, 0.15) is 0 Å². The molecule has 1 saturated heterocycles. The monoisotopic (exact) mass is 374 g/mol. The summed E-state index contributed by atoms with van der Waals surface area (Å²) in [6, 6.07) is 11.5. The van der Waals surface area contributed by atoms with Crippen LogP contribution in [-0.4, -0.2) is 32.7 Å². The van der Waals surface area contributed by atoms with Crippen molar-refractivity contribution < 1.29 is 22.0 Å². The van der Waals surface area contributed by atoms with Crippen molar-refractivity contribution in [2.45, 2.75) is 28.9 Å². The Hall–Kier alpha value is -2.58. The summed E-state index contributed by atoms with van der Waals surface area (Å²) < 4.78 is 42.5. The molecule has 2 aromatic heterocycles. The molecule has 4 rings (SSSR count). The van der Waals surface area contributed by atoms with Crippen molar-refractivity contribution in [3.8, 4) is 11.7 Å². The van der Waals surface area contributed by atoms with E-state index in [2.05, 4.69) is 10.3 Å². The van der Waals surface area contributed by atoms with Gasteiger partial charge in [0.05, 0.1) is 17.3 Å². The standard InChI is InChI=1S/C18H18N2O5S/c21-26(22,14-7-2-1-3-8-14)18-17(19-12-13-6-4-10-23-13)25-16(20-18)15-9-5-11-24-15/h1-3,5,7-9,11,13,19H,4,6,10,12H2/t13-/m1/s1. The Morgan fingerprint density at radius 2 is 2.00 bits per heavy atom. The Bertz CT molecular complexity index is 958. The van der Waals surface area contributed by atoms with Crippen molar-refractivity contribution in [1.82, 2.24) is 4.98 Å². The first-order valence-corrected chi connectivity index (χ1v) is 9.83. The minimum atomic E-state index is -3.84. The number of hydrogen-bond acceptors (Lipinski definition) is 7. The Balaban J connectivity index is 1.71. The van der Waals surface area contributed by atoms with Gasteiger partial charge < -0.3 is 18.9 Å². The van der Waals surface area contributed by atoms with Crippen molar-refractivity contribution in [3.63, 3.8) is 0 Å². The zero-order valence-electron chi connectivity index (χ0n) is 13.9. The third-order valence-electron chi connectivity index (χ3n) is 4.15. The van der Waals surface area contributed by atoms with Crippen molar-refractivity contribution in [3.05, 3.63) is 48.7 Å². The van der Waals surface area contributed by atoms with Crippen LogP contribution in [0.4, 0.5) is 5.88 Å². The quantitative estimate of drug-likeness (QED) is 0.707. The van der Waals surface area contributed by atoms with Gasteiger partial charge in [-0.1, -0.05) is 18.2 Å². The van der Waals surface area contributed by atoms with E-state index in [1.165, 1.54) is 18.4 Å². The lowest BCUT2D eigenvalue weighted by atomic mass is 10.2. The molecule has 136 valence electrons. The molecule has 8 heteroatoms. The highest BCUT2D eigenvalue weighted by molar-refractivity contribution is 7.91. The maximum absolute atomic E-state index is 13.0. The van der Waals surface area contributed by atoms with Gasteiger partial charge in [-0.15, -0.1) is 0 Å². The van der Waals surface area contributed by atoms with E-state index in [0.29, 0.717) is 12.3 Å². The van der Waals surface area contributed by atoms with E-state index in [9.17, 15) is 8.42 Å². The number of anilines is 1. The third-order valence-corrected chi connectivity index (χ3v) is 5.83. The highest BCUT2D eigenvalue weighted by atomic mass is 32.2. The van der Waals surface area contributed by atoms with E-state index in [0.717, 1.165) is 19.4 Å². The summed E-state index contributed by atoms with van der Waals surface area (Å²) in [5.74, 6) is 0.565. The molecule has 0 aliphatic carbocycles. The second-order valence-corrected chi connectivity index (χ2v) is 7.83. The van der Waals surface area contributed by atoms with Crippen LogP contribution in [0.3, 0.4) is 0 Å². The number of nitrogens with zero attached hydrogens (tertiary/aromatic N) is 1. The molecule has 26 heavy (non-hydrogen) atoms. The molecule has 1 aliphatic rings. The van der Waals surface area contributed by atoms with Crippen LogP contribution in [0.5, 0.6) is 0 Å². The molecular formula is C18H18N2O5S. The first kappa shape index (κ1) is 16.9. The first-order chi connectivity index (χ1) is 12.6. The molecule has 0 amide bonds. The van der Waals surface area contributed by atoms with Crippen LogP contribution in [0.15, 0.2) is 67.5 Å². The summed E-state index contributed by atoms with van der Waals surface area (Å²) >= 11 is 0. The molecule has 0 bridgehead atoms. The molecule has 1 atom stereocenters. The second kappa shape index (κ2) is 6.97. The SMILES string of the molecule is O=S(=O)(c1ccccc1)c1nc(-c2ccco2)oc1NC[C@H]1CCCO1. The molecule has 3 aromatic rings. The molecule has 7 nitrogen and oxygen atoms in total. The summed E-state index contributed by atoms with van der Waals surface area (Å²) in [4.78, 5) is 4.35. The van der Waals surface area contributed by atoms with Gasteiger partial charge in [0, 0.05) is 13.2 Å². The summed E-state index contributed by atoms with van der Waals surface area (Å²) in [6.07, 6.45) is 3.42. The average Bonchev–Trinajstić information content (AvgIpc) is 3.41. The van der Waals surface area contributed by atoms with Gasteiger partial charge in [-0.2, -0.15) is 4.98 Å². The maximum Gasteiger partial charge on any atom is 0.266 e. The largest absolute Gasteiger partial charge is 0.459 e. The number of nitrogens with one attached hydrogen (secondary N) is 1. The van der Waals surface area contributed by atoms with Gasteiger partial charge >= 0.3 is 0 Å². The molecule has 3 heterocycles. The minimum absolute atomic E-state index is 0.0273. The number of ether oxygens (including phenoxy) is 1. The molecular weight excluding hydrogens is 356 g/mol. The fourth-order valence-corrected chi connectivity index (χ4v) is 4.13. The van der Waals surface area contributed by atoms with Crippen molar-refractivity contribution in [2.75, 3.05) is 18.5 Å². The molecule has 0 spiro atoms. The predicted molar refractivity (Wildman–Crippen MR) is 93.6 cm³/mol. The van der Waals surface area contributed by atoms with Crippen molar-refractivity contribution in [2.24, 2.45) is 0 Å². The molecule has 0 unspecified atom stereocenters. The molecule has 0 saturated carbocycles. The van der Waals surface area contributed by atoms with E-state index in [4.69, 9.17) is 13.6 Å². The molecule has 1 N–H and O–H groups in total. The molecule has 1 fully saturated rings. The number of oxazole rings is 1. The topological polar surface area (TPSA) is 94.6 Å². The zero-order valence-corrected chi connectivity index (χ0v) is 14.7. The first-order valence-electron chi connectivity index (χ1n) is 8.35. The highest BCUT2D eigenvalue weighted by Crippen LogP contribution is 2.32. The van der Waals surface area contributed by atoms with Gasteiger partial charge in [0.15, 0.2) is 5.76 Å². The number of aromatic nitrogens is 1. The number of benzene rings is 1. The Morgan fingerprint density at radius 1 is 1.15 bits per heavy atom. The van der Waals surface area contributed by atoms with E-state index >= 15 is 0 Å². The van der Waals surface area contributed by atoms with Gasteiger partial charge in [0.25, 0.3) is 5.89 Å². The number of furan rings is 1. The van der Waals surface area contributed by atoms with Crippen molar-refractivity contribution in [1.29, 1.82) is 0 Å². The van der Waals surface area contributed by atoms with Crippen LogP contribution >= 0.6 is 0 Å².